The molecule has 1 aromatic heterocycles. The molecule has 20 heavy (non-hydrogen) atoms. The molecule has 3 nitrogen and oxygen atoms in total. The number of benzene rings is 1. The number of likely N-dealkylation sites (N-methyl/N-ethyl adjacent to an activating group) is 2. The number of rotatable bonds is 4. The molecular weight excluding hydrogens is 246 g/mol. The highest BCUT2D eigenvalue weighted by atomic mass is 15.2. The van der Waals surface area contributed by atoms with Crippen molar-refractivity contribution in [2.24, 2.45) is 0 Å². The second-order valence-electron chi connectivity index (χ2n) is 6.01. The quantitative estimate of drug-likeness (QED) is 0.851. The maximum atomic E-state index is 4.54. The van der Waals surface area contributed by atoms with Crippen molar-refractivity contribution in [2.75, 3.05) is 27.2 Å². The third kappa shape index (κ3) is 3.00. The zero-order chi connectivity index (χ0) is 13.9. The van der Waals surface area contributed by atoms with Crippen LogP contribution < -0.4 is 0 Å². The molecule has 3 rings (SSSR count). The van der Waals surface area contributed by atoms with Gasteiger partial charge in [-0.05, 0) is 51.2 Å². The van der Waals surface area contributed by atoms with Crippen molar-refractivity contribution in [3.05, 3.63) is 42.1 Å². The standard InChI is InChI=1S/C17H23N3/c1-19(13-16-7-5-9-20(16)2)12-14-10-15-6-3-4-8-17(15)18-11-14/h3-4,6,8,10-11,16H,5,7,9,12-13H2,1-2H3. The van der Waals surface area contributed by atoms with Crippen LogP contribution in [0.1, 0.15) is 18.4 Å². The van der Waals surface area contributed by atoms with Crippen LogP contribution in [0.2, 0.25) is 0 Å². The van der Waals surface area contributed by atoms with Crippen molar-refractivity contribution >= 4 is 10.9 Å². The molecule has 2 aromatic rings. The lowest BCUT2D eigenvalue weighted by atomic mass is 10.1. The largest absolute Gasteiger partial charge is 0.302 e. The van der Waals surface area contributed by atoms with Gasteiger partial charge >= 0.3 is 0 Å². The van der Waals surface area contributed by atoms with Crippen molar-refractivity contribution in [1.82, 2.24) is 14.8 Å². The molecule has 1 saturated heterocycles. The van der Waals surface area contributed by atoms with Crippen LogP contribution in [0.5, 0.6) is 0 Å². The molecule has 0 aliphatic carbocycles. The van der Waals surface area contributed by atoms with Crippen molar-refractivity contribution in [3.8, 4) is 0 Å². The van der Waals surface area contributed by atoms with Crippen LogP contribution in [0.3, 0.4) is 0 Å². The first-order valence-corrected chi connectivity index (χ1v) is 7.45. The lowest BCUT2D eigenvalue weighted by molar-refractivity contribution is 0.215. The molecule has 1 aliphatic rings. The Bertz CT molecular complexity index is 581. The van der Waals surface area contributed by atoms with E-state index in [0.29, 0.717) is 6.04 Å². The maximum Gasteiger partial charge on any atom is 0.0702 e. The molecule has 0 N–H and O–H groups in total. The summed E-state index contributed by atoms with van der Waals surface area (Å²) in [5.41, 5.74) is 2.38. The third-order valence-electron chi connectivity index (χ3n) is 4.29. The summed E-state index contributed by atoms with van der Waals surface area (Å²) in [6.07, 6.45) is 4.68. The summed E-state index contributed by atoms with van der Waals surface area (Å²) in [6, 6.07) is 11.3. The van der Waals surface area contributed by atoms with Gasteiger partial charge in [-0.2, -0.15) is 0 Å². The van der Waals surface area contributed by atoms with Gasteiger partial charge in [-0.25, -0.2) is 0 Å². The highest BCUT2D eigenvalue weighted by Crippen LogP contribution is 2.17. The Hall–Kier alpha value is -1.45. The van der Waals surface area contributed by atoms with Gasteiger partial charge < -0.3 is 9.80 Å². The van der Waals surface area contributed by atoms with E-state index in [0.717, 1.165) is 18.6 Å². The molecule has 0 amide bonds. The van der Waals surface area contributed by atoms with Crippen molar-refractivity contribution in [1.29, 1.82) is 0 Å². The Balaban J connectivity index is 1.66. The van der Waals surface area contributed by atoms with Gasteiger partial charge in [0.25, 0.3) is 0 Å². The summed E-state index contributed by atoms with van der Waals surface area (Å²) < 4.78 is 0. The molecule has 0 saturated carbocycles. The highest BCUT2D eigenvalue weighted by molar-refractivity contribution is 5.78. The molecular formula is C17H23N3. The smallest absolute Gasteiger partial charge is 0.0702 e. The van der Waals surface area contributed by atoms with Crippen molar-refractivity contribution in [2.45, 2.75) is 25.4 Å². The predicted molar refractivity (Wildman–Crippen MR) is 83.7 cm³/mol. The van der Waals surface area contributed by atoms with E-state index in [1.807, 2.05) is 12.3 Å². The van der Waals surface area contributed by atoms with Gasteiger partial charge in [-0.3, -0.25) is 4.98 Å². The number of pyridine rings is 1. The number of hydrogen-bond donors (Lipinski definition) is 0. The third-order valence-corrected chi connectivity index (χ3v) is 4.29. The number of hydrogen-bond acceptors (Lipinski definition) is 3. The Morgan fingerprint density at radius 1 is 1.35 bits per heavy atom. The van der Waals surface area contributed by atoms with Crippen LogP contribution in [0, 0.1) is 0 Å². The SMILES string of the molecule is CN(Cc1cnc2ccccc2c1)CC1CCCN1C. The molecule has 0 bridgehead atoms. The minimum absolute atomic E-state index is 0.716. The first-order chi connectivity index (χ1) is 9.72. The average Bonchev–Trinajstić information content (AvgIpc) is 2.84. The fraction of sp³-hybridized carbons (Fsp3) is 0.471. The minimum atomic E-state index is 0.716. The van der Waals surface area contributed by atoms with Gasteiger partial charge in [-0.1, -0.05) is 18.2 Å². The second-order valence-corrected chi connectivity index (χ2v) is 6.01. The zero-order valence-electron chi connectivity index (χ0n) is 12.4. The Kier molecular flexibility index (Phi) is 3.99. The van der Waals surface area contributed by atoms with Crippen molar-refractivity contribution < 1.29 is 0 Å². The van der Waals surface area contributed by atoms with Crippen LogP contribution in [0.15, 0.2) is 36.5 Å². The van der Waals surface area contributed by atoms with E-state index in [2.05, 4.69) is 53.1 Å². The molecule has 1 aliphatic heterocycles. The van der Waals surface area contributed by atoms with Crippen LogP contribution in [-0.4, -0.2) is 48.0 Å². The second kappa shape index (κ2) is 5.90. The molecule has 1 fully saturated rings. The molecule has 2 heterocycles. The first-order valence-electron chi connectivity index (χ1n) is 7.45. The van der Waals surface area contributed by atoms with E-state index >= 15 is 0 Å². The van der Waals surface area contributed by atoms with Crippen LogP contribution in [0.4, 0.5) is 0 Å². The van der Waals surface area contributed by atoms with Gasteiger partial charge in [-0.15, -0.1) is 0 Å². The van der Waals surface area contributed by atoms with Crippen LogP contribution in [0.25, 0.3) is 10.9 Å². The molecule has 0 radical (unpaired) electrons. The van der Waals surface area contributed by atoms with Gasteiger partial charge in [0, 0.05) is 30.7 Å². The first kappa shape index (κ1) is 13.5. The average molecular weight is 269 g/mol. The van der Waals surface area contributed by atoms with Crippen LogP contribution >= 0.6 is 0 Å². The Morgan fingerprint density at radius 2 is 2.20 bits per heavy atom. The predicted octanol–water partition coefficient (Wildman–Crippen LogP) is 2.76. The van der Waals surface area contributed by atoms with Gasteiger partial charge in [0.2, 0.25) is 0 Å². The van der Waals surface area contributed by atoms with E-state index < -0.39 is 0 Å². The lowest BCUT2D eigenvalue weighted by Gasteiger charge is -2.25. The number of fused-ring (bicyclic) bond motifs is 1. The van der Waals surface area contributed by atoms with E-state index in [4.69, 9.17) is 0 Å². The zero-order valence-corrected chi connectivity index (χ0v) is 12.4. The molecule has 1 unspecified atom stereocenters. The normalized spacial score (nSPS) is 20.1. The highest BCUT2D eigenvalue weighted by Gasteiger charge is 2.21. The van der Waals surface area contributed by atoms with Crippen LogP contribution in [-0.2, 0) is 6.54 Å². The lowest BCUT2D eigenvalue weighted by Crippen LogP contribution is -2.36. The Labute approximate surface area is 121 Å². The topological polar surface area (TPSA) is 19.4 Å². The molecule has 1 aromatic carbocycles. The number of likely N-dealkylation sites (tertiary alicyclic amines) is 1. The summed E-state index contributed by atoms with van der Waals surface area (Å²) in [4.78, 5) is 9.44. The van der Waals surface area contributed by atoms with Gasteiger partial charge in [0.15, 0.2) is 0 Å². The summed E-state index contributed by atoms with van der Waals surface area (Å²) in [5, 5.41) is 1.23. The fourth-order valence-electron chi connectivity index (χ4n) is 3.15. The minimum Gasteiger partial charge on any atom is -0.302 e. The van der Waals surface area contributed by atoms with Gasteiger partial charge in [0.05, 0.1) is 5.52 Å². The summed E-state index contributed by atoms with van der Waals surface area (Å²) in [5.74, 6) is 0. The Morgan fingerprint density at radius 3 is 3.00 bits per heavy atom. The molecule has 106 valence electrons. The summed E-state index contributed by atoms with van der Waals surface area (Å²) in [7, 11) is 4.45. The molecule has 3 heteroatoms. The van der Waals surface area contributed by atoms with E-state index in [-0.39, 0.29) is 0 Å². The maximum absolute atomic E-state index is 4.54. The summed E-state index contributed by atoms with van der Waals surface area (Å²) in [6.45, 7) is 3.36. The van der Waals surface area contributed by atoms with E-state index in [9.17, 15) is 0 Å². The molecule has 0 spiro atoms. The monoisotopic (exact) mass is 269 g/mol. The van der Waals surface area contributed by atoms with Gasteiger partial charge in [0.1, 0.15) is 0 Å². The number of nitrogens with zero attached hydrogens (tertiary/aromatic N) is 3. The van der Waals surface area contributed by atoms with Crippen molar-refractivity contribution in [3.63, 3.8) is 0 Å². The summed E-state index contributed by atoms with van der Waals surface area (Å²) >= 11 is 0. The molecule has 1 atom stereocenters. The van der Waals surface area contributed by atoms with E-state index in [1.165, 1.54) is 30.3 Å². The van der Waals surface area contributed by atoms with E-state index in [1.54, 1.807) is 0 Å². The number of aromatic nitrogens is 1. The fourth-order valence-corrected chi connectivity index (χ4v) is 3.15. The number of para-hydroxylation sites is 1.